The molecule has 0 radical (unpaired) electrons. The van der Waals surface area contributed by atoms with Crippen LogP contribution in [0.15, 0.2) is 42.7 Å². The number of amides is 4. The van der Waals surface area contributed by atoms with E-state index in [1.807, 2.05) is 45.9 Å². The highest BCUT2D eigenvalue weighted by Gasteiger charge is 2.61. The predicted octanol–water partition coefficient (Wildman–Crippen LogP) is 4.43. The number of carbonyl (C=O) groups excluding carboxylic acids is 3. The van der Waals surface area contributed by atoms with Gasteiger partial charge in [-0.2, -0.15) is 0 Å². The third-order valence-electron chi connectivity index (χ3n) is 9.80. The molecule has 5 unspecified atom stereocenters. The second-order valence-electron chi connectivity index (χ2n) is 14.5. The number of hydrogen-bond acceptors (Lipinski definition) is 7. The van der Waals surface area contributed by atoms with Crippen molar-refractivity contribution in [2.75, 3.05) is 11.9 Å². The Labute approximate surface area is 293 Å². The zero-order valence-corrected chi connectivity index (χ0v) is 30.1. The molecule has 1 aromatic carbocycles. The van der Waals surface area contributed by atoms with E-state index in [2.05, 4.69) is 26.2 Å². The molecule has 2 aliphatic carbocycles. The molecule has 0 spiro atoms. The van der Waals surface area contributed by atoms with E-state index in [1.54, 1.807) is 29.4 Å². The predicted molar refractivity (Wildman–Crippen MR) is 190 cm³/mol. The number of nitrogens with one attached hydrogen (secondary N) is 3. The van der Waals surface area contributed by atoms with Gasteiger partial charge in [0.2, 0.25) is 11.8 Å². The van der Waals surface area contributed by atoms with Crippen molar-refractivity contribution in [2.24, 2.45) is 11.3 Å². The first-order valence-corrected chi connectivity index (χ1v) is 19.0. The van der Waals surface area contributed by atoms with Crippen LogP contribution in [0.1, 0.15) is 77.3 Å². The van der Waals surface area contributed by atoms with Crippen molar-refractivity contribution in [3.63, 3.8) is 0 Å². The summed E-state index contributed by atoms with van der Waals surface area (Å²) in [5.41, 5.74) is 1.17. The molecule has 2 aliphatic heterocycles. The fourth-order valence-corrected chi connectivity index (χ4v) is 8.46. The summed E-state index contributed by atoms with van der Waals surface area (Å²) >= 11 is 5.92. The minimum absolute atomic E-state index is 0.0315. The van der Waals surface area contributed by atoms with Gasteiger partial charge in [0.25, 0.3) is 5.91 Å². The number of pyridine rings is 1. The van der Waals surface area contributed by atoms with Gasteiger partial charge in [-0.05, 0) is 78.6 Å². The van der Waals surface area contributed by atoms with Gasteiger partial charge >= 0.3 is 6.09 Å². The van der Waals surface area contributed by atoms with Gasteiger partial charge < -0.3 is 20.6 Å². The summed E-state index contributed by atoms with van der Waals surface area (Å²) < 4.78 is 15.5. The Morgan fingerprint density at radius 2 is 1.88 bits per heavy atom. The fourth-order valence-electron chi connectivity index (χ4n) is 6.64. The third kappa shape index (κ3) is 8.15. The van der Waals surface area contributed by atoms with Crippen LogP contribution in [0.2, 0.25) is 5.02 Å². The Balaban J connectivity index is 0.000000299. The van der Waals surface area contributed by atoms with Crippen LogP contribution in [-0.2, 0) is 37.2 Å². The maximum Gasteiger partial charge on any atom is 0.407 e. The molecule has 3 fully saturated rings. The molecule has 4 amide bonds. The molecule has 1 saturated heterocycles. The van der Waals surface area contributed by atoms with E-state index in [9.17, 15) is 23.4 Å². The van der Waals surface area contributed by atoms with E-state index < -0.39 is 44.7 Å². The lowest BCUT2D eigenvalue weighted by Crippen LogP contribution is -2.58. The number of nitrogens with zero attached hydrogens (tertiary/aromatic N) is 3. The van der Waals surface area contributed by atoms with Crippen LogP contribution in [0, 0.1) is 11.3 Å². The first-order chi connectivity index (χ1) is 23.1. The molecule has 2 aromatic rings. The zero-order chi connectivity index (χ0) is 35.7. The van der Waals surface area contributed by atoms with Gasteiger partial charge in [-0.3, -0.25) is 29.0 Å². The highest BCUT2D eigenvalue weighted by atomic mass is 35.5. The minimum Gasteiger partial charge on any atom is -0.465 e. The van der Waals surface area contributed by atoms with Gasteiger partial charge in [0.05, 0.1) is 21.9 Å². The highest BCUT2D eigenvalue weighted by Crippen LogP contribution is 2.47. The topological polar surface area (TPSA) is 161 Å². The van der Waals surface area contributed by atoms with Crippen LogP contribution < -0.4 is 15.4 Å². The fraction of sp³-hybridized carbons (Fsp3) is 0.543. The van der Waals surface area contributed by atoms with Gasteiger partial charge in [0, 0.05) is 35.8 Å². The number of hydrogen-bond donors (Lipinski definition) is 4. The molecule has 266 valence electrons. The van der Waals surface area contributed by atoms with Crippen molar-refractivity contribution in [2.45, 2.75) is 102 Å². The highest BCUT2D eigenvalue weighted by molar-refractivity contribution is 7.99. The Morgan fingerprint density at radius 1 is 1.14 bits per heavy atom. The molecular weight excluding hydrogens is 668 g/mol. The maximum absolute atomic E-state index is 13.8. The minimum atomic E-state index is -2.73. The third-order valence-corrected chi connectivity index (χ3v) is 12.2. The van der Waals surface area contributed by atoms with Gasteiger partial charge in [-0.1, -0.05) is 57.8 Å². The smallest absolute Gasteiger partial charge is 0.407 e. The molecule has 49 heavy (non-hydrogen) atoms. The molecule has 6 rings (SSSR count). The number of carbonyl (C=O) groups is 4. The second kappa shape index (κ2) is 14.2. The first kappa shape index (κ1) is 36.4. The van der Waals surface area contributed by atoms with E-state index in [0.29, 0.717) is 50.3 Å². The Bertz CT molecular complexity index is 1700. The van der Waals surface area contributed by atoms with E-state index in [0.717, 1.165) is 29.7 Å². The summed E-state index contributed by atoms with van der Waals surface area (Å²) in [6, 6.07) is 7.97. The van der Waals surface area contributed by atoms with E-state index in [4.69, 9.17) is 16.7 Å². The Hall–Kier alpha value is -3.84. The van der Waals surface area contributed by atoms with Gasteiger partial charge in [-0.25, -0.2) is 9.00 Å². The van der Waals surface area contributed by atoms with Crippen molar-refractivity contribution in [3.8, 4) is 0 Å². The number of fused-ring (bicyclic) bond motifs is 1. The Morgan fingerprint density at radius 3 is 2.45 bits per heavy atom. The molecule has 1 aromatic heterocycles. The van der Waals surface area contributed by atoms with Gasteiger partial charge in [0.15, 0.2) is 0 Å². The van der Waals surface area contributed by atoms with Crippen molar-refractivity contribution in [3.05, 3.63) is 58.9 Å². The maximum atomic E-state index is 13.8. The number of halogens is 1. The standard InChI is InChI=1S/C26H39N5O4S.C9H8ClNO2/c1-6-17-15-26(17,24(34)30-36(5,35)19-11-12-19)29-22(32)20-10-8-14-31(20)23(33)21(25(2,3)4)28-18-9-7-13-27-16-18;10-8-3-1-2-6-4-11(9(12)13)5-7(6)8/h7,9,13,16-17,19-21,28H,5-6,8,10-12,14-15H2,1-4H3,(H,29,32)(H,30,34,35);1-3H,4-5H2,(H,12,13). The van der Waals surface area contributed by atoms with Crippen molar-refractivity contribution in [1.82, 2.24) is 24.8 Å². The summed E-state index contributed by atoms with van der Waals surface area (Å²) in [6.45, 7) is 9.25. The lowest BCUT2D eigenvalue weighted by Gasteiger charge is -2.36. The van der Waals surface area contributed by atoms with Crippen LogP contribution in [0.3, 0.4) is 0 Å². The zero-order valence-electron chi connectivity index (χ0n) is 28.5. The molecule has 12 nitrogen and oxygen atoms in total. The number of carboxylic acid groups (broad SMARTS) is 1. The lowest BCUT2D eigenvalue weighted by atomic mass is 9.85. The molecule has 4 aliphatic rings. The van der Waals surface area contributed by atoms with Crippen molar-refractivity contribution >= 4 is 56.7 Å². The summed E-state index contributed by atoms with van der Waals surface area (Å²) in [7, 11) is -2.73. The lowest BCUT2D eigenvalue weighted by molar-refractivity contribution is -0.141. The molecule has 14 heteroatoms. The van der Waals surface area contributed by atoms with E-state index in [-0.39, 0.29) is 23.0 Å². The summed E-state index contributed by atoms with van der Waals surface area (Å²) in [6.07, 6.45) is 6.47. The van der Waals surface area contributed by atoms with Crippen molar-refractivity contribution in [1.29, 1.82) is 0 Å². The van der Waals surface area contributed by atoms with Gasteiger partial charge in [-0.15, -0.1) is 0 Å². The SMILES string of the molecule is C=S(=O)(NC(=O)C1(NC(=O)C2CCCN2C(=O)C(Nc2cccnc2)C(C)(C)C)CC1CC)C1CC1.O=C(O)N1Cc2cccc(Cl)c2C1. The van der Waals surface area contributed by atoms with Crippen LogP contribution in [-0.4, -0.2) is 83.2 Å². The number of benzene rings is 1. The summed E-state index contributed by atoms with van der Waals surface area (Å²) in [4.78, 5) is 58.3. The van der Waals surface area contributed by atoms with Crippen molar-refractivity contribution < 1.29 is 28.5 Å². The summed E-state index contributed by atoms with van der Waals surface area (Å²) in [5.74, 6) is 2.82. The molecule has 3 heterocycles. The number of aromatic nitrogens is 1. The quantitative estimate of drug-likeness (QED) is 0.278. The van der Waals surface area contributed by atoms with Crippen LogP contribution in [0.5, 0.6) is 0 Å². The van der Waals surface area contributed by atoms with Gasteiger partial charge in [0.1, 0.15) is 17.6 Å². The van der Waals surface area contributed by atoms with Crippen LogP contribution >= 0.6 is 11.6 Å². The summed E-state index contributed by atoms with van der Waals surface area (Å²) in [5, 5.41) is 15.6. The van der Waals surface area contributed by atoms with E-state index >= 15 is 0 Å². The normalized spacial score (nSPS) is 24.4. The Kier molecular flexibility index (Phi) is 10.5. The molecule has 0 bridgehead atoms. The monoisotopic (exact) mass is 714 g/mol. The largest absolute Gasteiger partial charge is 0.465 e. The second-order valence-corrected chi connectivity index (χ2v) is 17.2. The first-order valence-electron chi connectivity index (χ1n) is 16.8. The average Bonchev–Trinajstić information content (AvgIpc) is 3.92. The number of likely N-dealkylation sites (tertiary alicyclic amines) is 1. The number of rotatable bonds is 9. The molecule has 2 saturated carbocycles. The van der Waals surface area contributed by atoms with Crippen LogP contribution in [0.4, 0.5) is 10.5 Å². The number of anilines is 1. The molecule has 4 N–H and O–H groups in total. The average molecular weight is 715 g/mol. The van der Waals surface area contributed by atoms with E-state index in [1.165, 1.54) is 4.90 Å². The molecule has 5 atom stereocenters. The van der Waals surface area contributed by atoms with Crippen LogP contribution in [0.25, 0.3) is 0 Å². The molecular formula is C35H47ClN6O6S.